The molecule has 0 unspecified atom stereocenters. The summed E-state index contributed by atoms with van der Waals surface area (Å²) in [5, 5.41) is 13.0. The predicted octanol–water partition coefficient (Wildman–Crippen LogP) is 5.81. The molecular weight excluding hydrogens is 485 g/mol. The highest BCUT2D eigenvalue weighted by Gasteiger charge is 2.31. The first kappa shape index (κ1) is 24.0. The van der Waals surface area contributed by atoms with Gasteiger partial charge in [-0.25, -0.2) is 0 Å². The largest absolute Gasteiger partial charge is 0.416 e. The van der Waals surface area contributed by atoms with Crippen molar-refractivity contribution < 1.29 is 22.8 Å². The van der Waals surface area contributed by atoms with Gasteiger partial charge in [-0.3, -0.25) is 14.9 Å². The van der Waals surface area contributed by atoms with Gasteiger partial charge in [-0.15, -0.1) is 10.2 Å². The third kappa shape index (κ3) is 6.21. The van der Waals surface area contributed by atoms with Crippen molar-refractivity contribution >= 4 is 57.3 Å². The van der Waals surface area contributed by atoms with Gasteiger partial charge in [0.2, 0.25) is 11.0 Å². The van der Waals surface area contributed by atoms with Crippen molar-refractivity contribution in [1.82, 2.24) is 10.2 Å². The number of aryl methyl sites for hydroxylation is 2. The molecule has 0 bridgehead atoms. The van der Waals surface area contributed by atoms with Gasteiger partial charge in [-0.1, -0.05) is 40.8 Å². The van der Waals surface area contributed by atoms with Crippen LogP contribution in [-0.2, 0) is 11.0 Å². The quantitative estimate of drug-likeness (QED) is 0.329. The van der Waals surface area contributed by atoms with Crippen molar-refractivity contribution in [1.29, 1.82) is 0 Å². The molecule has 32 heavy (non-hydrogen) atoms. The van der Waals surface area contributed by atoms with Crippen molar-refractivity contribution in [3.63, 3.8) is 0 Å². The summed E-state index contributed by atoms with van der Waals surface area (Å²) in [6.07, 6.45) is -4.55. The second kappa shape index (κ2) is 9.88. The first-order valence-corrected chi connectivity index (χ1v) is 11.2. The van der Waals surface area contributed by atoms with Crippen molar-refractivity contribution in [2.45, 2.75) is 24.4 Å². The van der Waals surface area contributed by atoms with Crippen LogP contribution in [-0.4, -0.2) is 27.8 Å². The highest BCUT2D eigenvalue weighted by molar-refractivity contribution is 8.01. The third-order valence-electron chi connectivity index (χ3n) is 4.29. The lowest BCUT2D eigenvalue weighted by Crippen LogP contribution is -2.15. The van der Waals surface area contributed by atoms with Gasteiger partial charge in [0, 0.05) is 5.56 Å². The molecular formula is C20H16ClF3N4O2S2. The van der Waals surface area contributed by atoms with E-state index >= 15 is 0 Å². The fourth-order valence-electron chi connectivity index (χ4n) is 2.48. The monoisotopic (exact) mass is 500 g/mol. The van der Waals surface area contributed by atoms with Crippen molar-refractivity contribution in [3.8, 4) is 0 Å². The molecule has 0 atom stereocenters. The van der Waals surface area contributed by atoms with Crippen LogP contribution in [0.4, 0.5) is 24.0 Å². The summed E-state index contributed by atoms with van der Waals surface area (Å²) >= 11 is 7.98. The van der Waals surface area contributed by atoms with Gasteiger partial charge in [-0.05, 0) is 55.3 Å². The lowest BCUT2D eigenvalue weighted by atomic mass is 10.1. The van der Waals surface area contributed by atoms with Crippen LogP contribution in [0.1, 0.15) is 27.0 Å². The van der Waals surface area contributed by atoms with E-state index in [1.165, 1.54) is 0 Å². The molecule has 2 aromatic carbocycles. The number of benzene rings is 2. The number of nitrogens with zero attached hydrogens (tertiary/aromatic N) is 2. The Morgan fingerprint density at radius 2 is 1.81 bits per heavy atom. The van der Waals surface area contributed by atoms with Crippen molar-refractivity contribution in [2.24, 2.45) is 0 Å². The summed E-state index contributed by atoms with van der Waals surface area (Å²) in [5.41, 5.74) is 1.48. The SMILES string of the molecule is Cc1ccc(C(=O)Nc2nnc(SCC(=O)Nc3cc(C(F)(F)F)ccc3Cl)s2)cc1C. The summed E-state index contributed by atoms with van der Waals surface area (Å²) in [4.78, 5) is 24.5. The average Bonchev–Trinajstić information content (AvgIpc) is 3.16. The predicted molar refractivity (Wildman–Crippen MR) is 120 cm³/mol. The Morgan fingerprint density at radius 1 is 1.06 bits per heavy atom. The number of aromatic nitrogens is 2. The third-order valence-corrected chi connectivity index (χ3v) is 6.59. The number of anilines is 2. The maximum Gasteiger partial charge on any atom is 0.416 e. The molecule has 2 amide bonds. The maximum atomic E-state index is 12.8. The van der Waals surface area contributed by atoms with E-state index in [-0.39, 0.29) is 27.5 Å². The number of thioether (sulfide) groups is 1. The molecule has 2 N–H and O–H groups in total. The summed E-state index contributed by atoms with van der Waals surface area (Å²) in [5.74, 6) is -1.03. The van der Waals surface area contributed by atoms with Gasteiger partial charge in [0.25, 0.3) is 5.91 Å². The Bertz CT molecular complexity index is 1170. The fourth-order valence-corrected chi connectivity index (χ4v) is 4.19. The van der Waals surface area contributed by atoms with Crippen molar-refractivity contribution in [3.05, 3.63) is 63.7 Å². The Hall–Kier alpha value is -2.63. The molecule has 1 aromatic heterocycles. The number of hydrogen-bond acceptors (Lipinski definition) is 6. The molecule has 0 aliphatic heterocycles. The van der Waals surface area contributed by atoms with Crippen LogP contribution in [0.3, 0.4) is 0 Å². The lowest BCUT2D eigenvalue weighted by molar-refractivity contribution is -0.137. The number of carbonyl (C=O) groups is 2. The molecule has 6 nitrogen and oxygen atoms in total. The lowest BCUT2D eigenvalue weighted by Gasteiger charge is -2.11. The molecule has 0 saturated heterocycles. The van der Waals surface area contributed by atoms with Crippen LogP contribution >= 0.6 is 34.7 Å². The second-order valence-corrected chi connectivity index (χ2v) is 9.26. The Labute approximate surface area is 194 Å². The second-order valence-electron chi connectivity index (χ2n) is 6.66. The zero-order valence-corrected chi connectivity index (χ0v) is 19.1. The van der Waals surface area contributed by atoms with Gasteiger partial charge in [0.15, 0.2) is 4.34 Å². The smallest absolute Gasteiger partial charge is 0.324 e. The number of halogens is 4. The van der Waals surface area contributed by atoms with E-state index in [9.17, 15) is 22.8 Å². The number of carbonyl (C=O) groups excluding carboxylic acids is 2. The molecule has 3 rings (SSSR count). The van der Waals surface area contributed by atoms with Crippen LogP contribution in [0, 0.1) is 13.8 Å². The Kier molecular flexibility index (Phi) is 7.42. The van der Waals surface area contributed by atoms with Crippen molar-refractivity contribution in [2.75, 3.05) is 16.4 Å². The number of rotatable bonds is 6. The molecule has 0 aliphatic rings. The normalized spacial score (nSPS) is 11.3. The highest BCUT2D eigenvalue weighted by atomic mass is 35.5. The first-order chi connectivity index (χ1) is 15.0. The first-order valence-electron chi connectivity index (χ1n) is 9.04. The number of hydrogen-bond donors (Lipinski definition) is 2. The molecule has 0 radical (unpaired) electrons. The molecule has 1 heterocycles. The summed E-state index contributed by atoms with van der Waals surface area (Å²) in [6, 6.07) is 8.00. The zero-order chi connectivity index (χ0) is 23.5. The van der Waals surface area contributed by atoms with Gasteiger partial charge in [-0.2, -0.15) is 13.2 Å². The summed E-state index contributed by atoms with van der Waals surface area (Å²) < 4.78 is 38.9. The minimum atomic E-state index is -4.55. The minimum Gasteiger partial charge on any atom is -0.324 e. The van der Waals surface area contributed by atoms with E-state index in [1.807, 2.05) is 19.9 Å². The molecule has 12 heteroatoms. The zero-order valence-electron chi connectivity index (χ0n) is 16.7. The van der Waals surface area contributed by atoms with Crippen LogP contribution in [0.5, 0.6) is 0 Å². The van der Waals surface area contributed by atoms with Crippen LogP contribution in [0.25, 0.3) is 0 Å². The summed E-state index contributed by atoms with van der Waals surface area (Å²) in [7, 11) is 0. The minimum absolute atomic E-state index is 0.0105. The van der Waals surface area contributed by atoms with Crippen LogP contribution in [0.2, 0.25) is 5.02 Å². The van der Waals surface area contributed by atoms with Crippen LogP contribution < -0.4 is 10.6 Å². The number of alkyl halides is 3. The molecule has 168 valence electrons. The fraction of sp³-hybridized carbons (Fsp3) is 0.200. The van der Waals surface area contributed by atoms with Gasteiger partial charge >= 0.3 is 6.18 Å². The molecule has 0 spiro atoms. The Balaban J connectivity index is 1.56. The van der Waals surface area contributed by atoms with Gasteiger partial charge in [0.1, 0.15) is 0 Å². The topological polar surface area (TPSA) is 84.0 Å². The van der Waals surface area contributed by atoms with Gasteiger partial charge < -0.3 is 5.32 Å². The highest BCUT2D eigenvalue weighted by Crippen LogP contribution is 2.34. The van der Waals surface area contributed by atoms with Crippen LogP contribution in [0.15, 0.2) is 40.7 Å². The maximum absolute atomic E-state index is 12.8. The average molecular weight is 501 g/mol. The molecule has 0 saturated carbocycles. The van der Waals surface area contributed by atoms with E-state index in [0.29, 0.717) is 9.90 Å². The molecule has 0 aliphatic carbocycles. The number of amides is 2. The summed E-state index contributed by atoms with van der Waals surface area (Å²) in [6.45, 7) is 3.85. The van der Waals surface area contributed by atoms with E-state index in [1.54, 1.807) is 12.1 Å². The van der Waals surface area contributed by atoms with E-state index in [2.05, 4.69) is 20.8 Å². The molecule has 0 fully saturated rings. The van der Waals surface area contributed by atoms with E-state index in [0.717, 1.165) is 52.4 Å². The Morgan fingerprint density at radius 3 is 2.50 bits per heavy atom. The van der Waals surface area contributed by atoms with E-state index < -0.39 is 17.6 Å². The van der Waals surface area contributed by atoms with Gasteiger partial charge in [0.05, 0.1) is 22.0 Å². The standard InChI is InChI=1S/C20H16ClF3N4O2S2/c1-10-3-4-12(7-11(10)2)17(30)26-18-27-28-19(32-18)31-9-16(29)25-15-8-13(20(22,23)24)5-6-14(15)21/h3-8H,9H2,1-2H3,(H,25,29)(H,26,27,30). The molecule has 3 aromatic rings. The van der Waals surface area contributed by atoms with E-state index in [4.69, 9.17) is 11.6 Å². The number of nitrogens with one attached hydrogen (secondary N) is 2.